The van der Waals surface area contributed by atoms with Crippen molar-refractivity contribution in [1.29, 1.82) is 0 Å². The van der Waals surface area contributed by atoms with Gasteiger partial charge in [-0.25, -0.2) is 0 Å². The van der Waals surface area contributed by atoms with Crippen LogP contribution in [0.5, 0.6) is 0 Å². The van der Waals surface area contributed by atoms with Crippen LogP contribution in [0.25, 0.3) is 0 Å². The van der Waals surface area contributed by atoms with Crippen LogP contribution in [-0.4, -0.2) is 61.4 Å². The minimum atomic E-state index is 0.0208. The summed E-state index contributed by atoms with van der Waals surface area (Å²) in [4.78, 5) is 14.0. The largest absolute Gasteiger partial charge is 0.395 e. The van der Waals surface area contributed by atoms with Crippen LogP contribution >= 0.6 is 0 Å². The van der Waals surface area contributed by atoms with Gasteiger partial charge in [0, 0.05) is 38.7 Å². The number of aliphatic hydroxyl groups is 1. The van der Waals surface area contributed by atoms with Crippen molar-refractivity contribution in [2.24, 2.45) is 5.92 Å². The molecular weight excluding hydrogens is 244 g/mol. The van der Waals surface area contributed by atoms with Gasteiger partial charge in [0.05, 0.1) is 13.2 Å². The third kappa shape index (κ3) is 4.16. The molecular formula is C14H26N2O3. The quantitative estimate of drug-likeness (QED) is 0.702. The van der Waals surface area contributed by atoms with Crippen LogP contribution in [0.2, 0.25) is 0 Å². The average molecular weight is 270 g/mol. The van der Waals surface area contributed by atoms with Gasteiger partial charge in [-0.15, -0.1) is 0 Å². The van der Waals surface area contributed by atoms with E-state index in [4.69, 9.17) is 9.84 Å². The van der Waals surface area contributed by atoms with Crippen molar-refractivity contribution in [2.75, 3.05) is 33.4 Å². The highest BCUT2D eigenvalue weighted by molar-refractivity contribution is 5.76. The predicted octanol–water partition coefficient (Wildman–Crippen LogP) is 0.374. The van der Waals surface area contributed by atoms with E-state index in [1.54, 1.807) is 12.0 Å². The fraction of sp³-hybridized carbons (Fsp3) is 0.929. The second-order valence-electron chi connectivity index (χ2n) is 5.78. The molecule has 2 atom stereocenters. The lowest BCUT2D eigenvalue weighted by molar-refractivity contribution is -0.133. The molecule has 2 saturated heterocycles. The van der Waals surface area contributed by atoms with Gasteiger partial charge < -0.3 is 20.1 Å². The molecule has 110 valence electrons. The van der Waals surface area contributed by atoms with Crippen LogP contribution in [0.3, 0.4) is 0 Å². The van der Waals surface area contributed by atoms with Gasteiger partial charge in [-0.3, -0.25) is 4.79 Å². The highest BCUT2D eigenvalue weighted by Gasteiger charge is 2.34. The molecule has 2 N–H and O–H groups in total. The second-order valence-corrected chi connectivity index (χ2v) is 5.78. The standard InChI is InChI=1S/C14H26N2O3/c1-19-7-5-16(4-6-17)14(18)10-11-8-12-2-3-13(9-11)15-12/h11-13,15,17H,2-10H2,1H3. The molecule has 2 unspecified atom stereocenters. The minimum Gasteiger partial charge on any atom is -0.395 e. The van der Waals surface area contributed by atoms with Crippen molar-refractivity contribution in [1.82, 2.24) is 10.2 Å². The lowest BCUT2D eigenvalue weighted by atomic mass is 9.89. The maximum Gasteiger partial charge on any atom is 0.223 e. The Morgan fingerprint density at radius 3 is 2.58 bits per heavy atom. The average Bonchev–Trinajstić information content (AvgIpc) is 2.73. The Hall–Kier alpha value is -0.650. The van der Waals surface area contributed by atoms with Crippen molar-refractivity contribution in [3.63, 3.8) is 0 Å². The molecule has 2 rings (SSSR count). The number of carbonyl (C=O) groups excluding carboxylic acids is 1. The summed E-state index contributed by atoms with van der Waals surface area (Å²) in [5.74, 6) is 0.674. The Morgan fingerprint density at radius 1 is 1.32 bits per heavy atom. The van der Waals surface area contributed by atoms with E-state index in [2.05, 4.69) is 5.32 Å². The lowest BCUT2D eigenvalue weighted by Crippen LogP contribution is -2.41. The minimum absolute atomic E-state index is 0.0208. The van der Waals surface area contributed by atoms with Gasteiger partial charge in [0.25, 0.3) is 0 Å². The van der Waals surface area contributed by atoms with E-state index in [9.17, 15) is 4.79 Å². The zero-order valence-corrected chi connectivity index (χ0v) is 11.8. The van der Waals surface area contributed by atoms with Crippen LogP contribution in [0, 0.1) is 5.92 Å². The molecule has 5 heteroatoms. The van der Waals surface area contributed by atoms with Crippen LogP contribution in [-0.2, 0) is 9.53 Å². The van der Waals surface area contributed by atoms with Crippen molar-refractivity contribution >= 4 is 5.91 Å². The molecule has 0 aromatic carbocycles. The lowest BCUT2D eigenvalue weighted by Gasteiger charge is -2.30. The van der Waals surface area contributed by atoms with Crippen LogP contribution in [0.4, 0.5) is 0 Å². The third-order valence-electron chi connectivity index (χ3n) is 4.32. The fourth-order valence-electron chi connectivity index (χ4n) is 3.40. The molecule has 2 fully saturated rings. The number of carbonyl (C=O) groups is 1. The first-order valence-corrected chi connectivity index (χ1v) is 7.36. The number of hydrogen-bond donors (Lipinski definition) is 2. The molecule has 2 aliphatic heterocycles. The Balaban J connectivity index is 1.80. The van der Waals surface area contributed by atoms with Gasteiger partial charge >= 0.3 is 0 Å². The summed E-state index contributed by atoms with van der Waals surface area (Å²) in [7, 11) is 1.63. The molecule has 2 heterocycles. The van der Waals surface area contributed by atoms with E-state index in [0.29, 0.717) is 44.1 Å². The monoisotopic (exact) mass is 270 g/mol. The molecule has 0 radical (unpaired) electrons. The first-order chi connectivity index (χ1) is 9.22. The summed E-state index contributed by atoms with van der Waals surface area (Å²) < 4.78 is 5.02. The number of rotatable bonds is 7. The normalized spacial score (nSPS) is 29.5. The maximum atomic E-state index is 12.3. The summed E-state index contributed by atoms with van der Waals surface area (Å²) in [5.41, 5.74) is 0. The Morgan fingerprint density at radius 2 is 2.00 bits per heavy atom. The third-order valence-corrected chi connectivity index (χ3v) is 4.32. The molecule has 2 bridgehead atoms. The number of methoxy groups -OCH3 is 1. The first-order valence-electron chi connectivity index (χ1n) is 7.36. The topological polar surface area (TPSA) is 61.8 Å². The number of ether oxygens (including phenoxy) is 1. The van der Waals surface area contributed by atoms with Gasteiger partial charge in [-0.2, -0.15) is 0 Å². The Kier molecular flexibility index (Phi) is 5.60. The molecule has 0 spiro atoms. The second kappa shape index (κ2) is 7.22. The summed E-state index contributed by atoms with van der Waals surface area (Å²) in [6.07, 6.45) is 5.40. The van der Waals surface area contributed by atoms with Crippen LogP contribution < -0.4 is 5.32 Å². The number of nitrogens with one attached hydrogen (secondary N) is 1. The SMILES string of the molecule is COCCN(CCO)C(=O)CC1CC2CCC(C1)N2. The Labute approximate surface area is 115 Å². The van der Waals surface area contributed by atoms with Crippen LogP contribution in [0.1, 0.15) is 32.1 Å². The summed E-state index contributed by atoms with van der Waals surface area (Å²) >= 11 is 0. The molecule has 2 aliphatic rings. The van der Waals surface area contributed by atoms with Crippen LogP contribution in [0.15, 0.2) is 0 Å². The van der Waals surface area contributed by atoms with Gasteiger partial charge in [-0.1, -0.05) is 0 Å². The number of nitrogens with zero attached hydrogens (tertiary/aromatic N) is 1. The highest BCUT2D eigenvalue weighted by Crippen LogP contribution is 2.32. The van der Waals surface area contributed by atoms with E-state index in [0.717, 1.165) is 12.8 Å². The number of aliphatic hydroxyl groups excluding tert-OH is 1. The van der Waals surface area contributed by atoms with E-state index >= 15 is 0 Å². The van der Waals surface area contributed by atoms with E-state index in [-0.39, 0.29) is 12.5 Å². The molecule has 0 aromatic rings. The maximum absolute atomic E-state index is 12.3. The zero-order chi connectivity index (χ0) is 13.7. The van der Waals surface area contributed by atoms with E-state index in [1.807, 2.05) is 0 Å². The number of hydrogen-bond acceptors (Lipinski definition) is 4. The van der Waals surface area contributed by atoms with Gasteiger partial charge in [0.15, 0.2) is 0 Å². The first kappa shape index (κ1) is 14.8. The van der Waals surface area contributed by atoms with E-state index in [1.165, 1.54) is 12.8 Å². The molecule has 0 aromatic heterocycles. The van der Waals surface area contributed by atoms with Crippen molar-refractivity contribution in [3.8, 4) is 0 Å². The summed E-state index contributed by atoms with van der Waals surface area (Å²) in [5, 5.41) is 12.6. The van der Waals surface area contributed by atoms with Gasteiger partial charge in [0.1, 0.15) is 0 Å². The zero-order valence-electron chi connectivity index (χ0n) is 11.8. The molecule has 5 nitrogen and oxygen atoms in total. The van der Waals surface area contributed by atoms with Crippen molar-refractivity contribution < 1.29 is 14.6 Å². The van der Waals surface area contributed by atoms with Crippen molar-refractivity contribution in [3.05, 3.63) is 0 Å². The Bertz CT molecular complexity index is 286. The summed E-state index contributed by atoms with van der Waals surface area (Å²) in [6, 6.07) is 1.25. The number of fused-ring (bicyclic) bond motifs is 2. The van der Waals surface area contributed by atoms with E-state index < -0.39 is 0 Å². The van der Waals surface area contributed by atoms with Gasteiger partial charge in [-0.05, 0) is 31.6 Å². The molecule has 19 heavy (non-hydrogen) atoms. The molecule has 0 saturated carbocycles. The number of amides is 1. The molecule has 0 aliphatic carbocycles. The molecule has 1 amide bonds. The number of piperidine rings is 1. The van der Waals surface area contributed by atoms with Gasteiger partial charge in [0.2, 0.25) is 5.91 Å². The van der Waals surface area contributed by atoms with Crippen molar-refractivity contribution in [2.45, 2.75) is 44.2 Å². The highest BCUT2D eigenvalue weighted by atomic mass is 16.5. The summed E-state index contributed by atoms with van der Waals surface area (Å²) in [6.45, 7) is 1.55. The predicted molar refractivity (Wildman–Crippen MR) is 72.8 cm³/mol. The smallest absolute Gasteiger partial charge is 0.223 e. The fourth-order valence-corrected chi connectivity index (χ4v) is 3.40.